The number of rotatable bonds is 4. The van der Waals surface area contributed by atoms with Crippen molar-refractivity contribution in [2.75, 3.05) is 11.9 Å². The van der Waals surface area contributed by atoms with Gasteiger partial charge in [-0.3, -0.25) is 10.1 Å². The molecule has 2 rings (SSSR count). The lowest BCUT2D eigenvalue weighted by atomic mass is 10.0. The Kier molecular flexibility index (Phi) is 4.12. The first-order valence-corrected chi connectivity index (χ1v) is 6.89. The van der Waals surface area contributed by atoms with Crippen LogP contribution in [0, 0.1) is 5.92 Å². The fourth-order valence-electron chi connectivity index (χ4n) is 1.93. The van der Waals surface area contributed by atoms with Crippen LogP contribution in [0.2, 0.25) is 0 Å². The first kappa shape index (κ1) is 12.5. The van der Waals surface area contributed by atoms with E-state index in [1.807, 2.05) is 13.1 Å². The van der Waals surface area contributed by atoms with E-state index in [1.165, 1.54) is 4.88 Å². The molecule has 0 bridgehead atoms. The molecule has 0 aromatic carbocycles. The molecule has 4 nitrogen and oxygen atoms in total. The van der Waals surface area contributed by atoms with Gasteiger partial charge in [-0.25, -0.2) is 4.98 Å². The van der Waals surface area contributed by atoms with Gasteiger partial charge in [0.25, 0.3) is 5.91 Å². The van der Waals surface area contributed by atoms with Gasteiger partial charge in [-0.15, -0.1) is 11.3 Å². The van der Waals surface area contributed by atoms with E-state index >= 15 is 0 Å². The number of hydrogen-bond donors (Lipinski definition) is 1. The van der Waals surface area contributed by atoms with E-state index in [0.717, 1.165) is 19.3 Å². The van der Waals surface area contributed by atoms with Crippen LogP contribution < -0.4 is 5.32 Å². The molecule has 1 aliphatic heterocycles. The van der Waals surface area contributed by atoms with Crippen LogP contribution in [0.15, 0.2) is 6.20 Å². The second-order valence-corrected chi connectivity index (χ2v) is 5.54. The van der Waals surface area contributed by atoms with E-state index in [9.17, 15) is 4.79 Å². The van der Waals surface area contributed by atoms with Crippen LogP contribution in [0.3, 0.4) is 0 Å². The molecule has 17 heavy (non-hydrogen) atoms. The Labute approximate surface area is 105 Å². The van der Waals surface area contributed by atoms with Gasteiger partial charge < -0.3 is 4.74 Å². The quantitative estimate of drug-likeness (QED) is 0.898. The zero-order chi connectivity index (χ0) is 12.3. The third-order valence-corrected chi connectivity index (χ3v) is 3.90. The highest BCUT2D eigenvalue weighted by molar-refractivity contribution is 7.15. The number of amides is 1. The number of nitrogens with one attached hydrogen (secondary N) is 1. The number of aromatic nitrogens is 1. The Morgan fingerprint density at radius 3 is 3.18 bits per heavy atom. The molecule has 1 saturated heterocycles. The number of carbonyl (C=O) groups is 1. The average molecular weight is 254 g/mol. The summed E-state index contributed by atoms with van der Waals surface area (Å²) in [6, 6.07) is 0. The van der Waals surface area contributed by atoms with Gasteiger partial charge in [0.2, 0.25) is 0 Å². The Morgan fingerprint density at radius 2 is 2.53 bits per heavy atom. The summed E-state index contributed by atoms with van der Waals surface area (Å²) in [5.41, 5.74) is 0. The first-order chi connectivity index (χ1) is 8.20. The highest BCUT2D eigenvalue weighted by atomic mass is 32.1. The number of ether oxygens (including phenoxy) is 1. The predicted octanol–water partition coefficient (Wildman–Crippen LogP) is 2.46. The van der Waals surface area contributed by atoms with Crippen LogP contribution >= 0.6 is 11.3 Å². The van der Waals surface area contributed by atoms with Gasteiger partial charge in [-0.05, 0) is 18.8 Å². The molecule has 0 spiro atoms. The average Bonchev–Trinajstić information content (AvgIpc) is 2.88. The molecular weight excluding hydrogens is 236 g/mol. The van der Waals surface area contributed by atoms with Crippen molar-refractivity contribution >= 4 is 22.4 Å². The Balaban J connectivity index is 1.93. The first-order valence-electron chi connectivity index (χ1n) is 6.08. The van der Waals surface area contributed by atoms with Crippen LogP contribution in [0.1, 0.15) is 31.6 Å². The van der Waals surface area contributed by atoms with Crippen LogP contribution in [0.25, 0.3) is 0 Å². The zero-order valence-corrected chi connectivity index (χ0v) is 11.0. The maximum Gasteiger partial charge on any atom is 0.255 e. The molecule has 0 radical (unpaired) electrons. The van der Waals surface area contributed by atoms with Crippen molar-refractivity contribution in [1.82, 2.24) is 4.98 Å². The smallest absolute Gasteiger partial charge is 0.255 e. The van der Waals surface area contributed by atoms with Gasteiger partial charge in [0.15, 0.2) is 5.13 Å². The lowest BCUT2D eigenvalue weighted by Gasteiger charge is -2.12. The fraction of sp³-hybridized carbons (Fsp3) is 0.667. The Bertz CT molecular complexity index is 392. The van der Waals surface area contributed by atoms with Crippen LogP contribution in [-0.2, 0) is 16.0 Å². The predicted molar refractivity (Wildman–Crippen MR) is 68.3 cm³/mol. The van der Waals surface area contributed by atoms with Gasteiger partial charge in [0.05, 0.1) is 0 Å². The summed E-state index contributed by atoms with van der Waals surface area (Å²) in [5, 5.41) is 3.52. The standard InChI is InChI=1S/C12H18N2O2S/c1-3-4-9-7-13-12(17-9)14-11(15)10-8(2)5-6-16-10/h7-8,10H,3-6H2,1-2H3,(H,13,14,15). The molecule has 1 aromatic heterocycles. The molecule has 5 heteroatoms. The molecule has 1 aromatic rings. The molecule has 1 aliphatic rings. The Hall–Kier alpha value is -0.940. The third-order valence-electron chi connectivity index (χ3n) is 2.93. The number of aryl methyl sites for hydroxylation is 1. The van der Waals surface area contributed by atoms with E-state index < -0.39 is 0 Å². The SMILES string of the molecule is CCCc1cnc(NC(=O)C2OCCC2C)s1. The molecule has 2 atom stereocenters. The summed E-state index contributed by atoms with van der Waals surface area (Å²) in [7, 11) is 0. The zero-order valence-electron chi connectivity index (χ0n) is 10.2. The maximum absolute atomic E-state index is 11.9. The summed E-state index contributed by atoms with van der Waals surface area (Å²) in [5.74, 6) is 0.234. The number of nitrogens with zero attached hydrogens (tertiary/aromatic N) is 1. The van der Waals surface area contributed by atoms with E-state index in [2.05, 4.69) is 17.2 Å². The van der Waals surface area contributed by atoms with Crippen molar-refractivity contribution in [2.45, 2.75) is 39.2 Å². The highest BCUT2D eigenvalue weighted by Crippen LogP contribution is 2.24. The number of hydrogen-bond acceptors (Lipinski definition) is 4. The molecule has 2 heterocycles. The summed E-state index contributed by atoms with van der Waals surface area (Å²) in [6.45, 7) is 4.85. The van der Waals surface area contributed by atoms with Gasteiger partial charge in [-0.1, -0.05) is 20.3 Å². The second-order valence-electron chi connectivity index (χ2n) is 4.43. The molecule has 2 unspecified atom stereocenters. The molecule has 1 amide bonds. The molecule has 0 aliphatic carbocycles. The monoisotopic (exact) mass is 254 g/mol. The van der Waals surface area contributed by atoms with Gasteiger partial charge in [-0.2, -0.15) is 0 Å². The molecular formula is C12H18N2O2S. The topological polar surface area (TPSA) is 51.2 Å². The minimum absolute atomic E-state index is 0.0626. The van der Waals surface area contributed by atoms with Crippen molar-refractivity contribution in [2.24, 2.45) is 5.92 Å². The molecule has 1 N–H and O–H groups in total. The van der Waals surface area contributed by atoms with Crippen molar-refractivity contribution in [3.05, 3.63) is 11.1 Å². The van der Waals surface area contributed by atoms with E-state index in [-0.39, 0.29) is 12.0 Å². The summed E-state index contributed by atoms with van der Waals surface area (Å²) in [4.78, 5) is 17.3. The van der Waals surface area contributed by atoms with Crippen molar-refractivity contribution in [3.63, 3.8) is 0 Å². The largest absolute Gasteiger partial charge is 0.368 e. The van der Waals surface area contributed by atoms with Gasteiger partial charge in [0, 0.05) is 17.7 Å². The third kappa shape index (κ3) is 3.04. The van der Waals surface area contributed by atoms with E-state index in [1.54, 1.807) is 11.3 Å². The summed E-state index contributed by atoms with van der Waals surface area (Å²) < 4.78 is 5.42. The van der Waals surface area contributed by atoms with Gasteiger partial charge in [0.1, 0.15) is 6.10 Å². The lowest BCUT2D eigenvalue weighted by molar-refractivity contribution is -0.126. The van der Waals surface area contributed by atoms with E-state index in [4.69, 9.17) is 4.74 Å². The minimum atomic E-state index is -0.312. The van der Waals surface area contributed by atoms with E-state index in [0.29, 0.717) is 17.7 Å². The van der Waals surface area contributed by atoms with Crippen LogP contribution in [0.4, 0.5) is 5.13 Å². The highest BCUT2D eigenvalue weighted by Gasteiger charge is 2.31. The summed E-state index contributed by atoms with van der Waals surface area (Å²) in [6.07, 6.45) is 4.59. The normalized spacial score (nSPS) is 23.9. The number of carbonyl (C=O) groups excluding carboxylic acids is 1. The van der Waals surface area contributed by atoms with Gasteiger partial charge >= 0.3 is 0 Å². The minimum Gasteiger partial charge on any atom is -0.368 e. The van der Waals surface area contributed by atoms with Crippen LogP contribution in [-0.4, -0.2) is 23.6 Å². The van der Waals surface area contributed by atoms with Crippen LogP contribution in [0.5, 0.6) is 0 Å². The lowest BCUT2D eigenvalue weighted by Crippen LogP contribution is -2.31. The van der Waals surface area contributed by atoms with Crippen molar-refractivity contribution in [3.8, 4) is 0 Å². The summed E-state index contributed by atoms with van der Waals surface area (Å²) >= 11 is 1.55. The second kappa shape index (κ2) is 5.60. The van der Waals surface area contributed by atoms with Crippen molar-refractivity contribution in [1.29, 1.82) is 0 Å². The molecule has 1 fully saturated rings. The molecule has 0 saturated carbocycles. The number of anilines is 1. The molecule has 94 valence electrons. The number of thiazole rings is 1. The maximum atomic E-state index is 11.9. The Morgan fingerprint density at radius 1 is 1.71 bits per heavy atom. The fourth-order valence-corrected chi connectivity index (χ4v) is 2.85. The van der Waals surface area contributed by atoms with Crippen molar-refractivity contribution < 1.29 is 9.53 Å².